The number of benzene rings is 1. The first-order chi connectivity index (χ1) is 12.6. The third-order valence-electron chi connectivity index (χ3n) is 4.95. The van der Waals surface area contributed by atoms with Gasteiger partial charge in [-0.05, 0) is 49.9 Å². The molecule has 8 nitrogen and oxygen atoms in total. The van der Waals surface area contributed by atoms with Gasteiger partial charge in [-0.1, -0.05) is 13.8 Å². The van der Waals surface area contributed by atoms with Crippen molar-refractivity contribution in [2.75, 3.05) is 13.1 Å². The minimum absolute atomic E-state index is 0.00910. The van der Waals surface area contributed by atoms with E-state index < -0.39 is 20.0 Å². The Balaban J connectivity index is 2.03. The number of sulfonamides is 2. The summed E-state index contributed by atoms with van der Waals surface area (Å²) in [6.07, 6.45) is 2.65. The Morgan fingerprint density at radius 3 is 2.00 bits per heavy atom. The van der Waals surface area contributed by atoms with E-state index >= 15 is 0 Å². The molecule has 1 aliphatic heterocycles. The molecule has 152 valence electrons. The Kier molecular flexibility index (Phi) is 7.01. The Hall–Kier alpha value is -1.49. The highest BCUT2D eigenvalue weighted by Crippen LogP contribution is 2.25. The standard InChI is InChI=1S/C17H27N3O5S2/c1-3-14(4-2)19-17(21)13-9-11-20(12-10-13)27(24,25)16-7-5-15(6-8-16)26(18,22)23/h5-8,13-14H,3-4,9-12H2,1-2H3,(H,19,21)(H2,18,22,23). The second-order valence-electron chi connectivity index (χ2n) is 6.72. The number of nitrogens with two attached hydrogens (primary N) is 1. The summed E-state index contributed by atoms with van der Waals surface area (Å²) >= 11 is 0. The maximum absolute atomic E-state index is 12.7. The summed E-state index contributed by atoms with van der Waals surface area (Å²) < 4.78 is 49.4. The lowest BCUT2D eigenvalue weighted by atomic mass is 9.96. The van der Waals surface area contributed by atoms with Gasteiger partial charge in [-0.15, -0.1) is 0 Å². The number of hydrogen-bond acceptors (Lipinski definition) is 5. The number of hydrogen-bond donors (Lipinski definition) is 2. The summed E-state index contributed by atoms with van der Waals surface area (Å²) in [5.74, 6) is -0.208. The van der Waals surface area contributed by atoms with Crippen molar-refractivity contribution in [2.45, 2.75) is 55.4 Å². The molecule has 0 radical (unpaired) electrons. The van der Waals surface area contributed by atoms with Crippen molar-refractivity contribution in [1.29, 1.82) is 0 Å². The molecule has 1 fully saturated rings. The first kappa shape index (κ1) is 21.8. The first-order valence-corrected chi connectivity index (χ1v) is 12.0. The number of carbonyl (C=O) groups excluding carboxylic acids is 1. The van der Waals surface area contributed by atoms with Gasteiger partial charge in [-0.25, -0.2) is 22.0 Å². The summed E-state index contributed by atoms with van der Waals surface area (Å²) in [5.41, 5.74) is 0. The van der Waals surface area contributed by atoms with Crippen molar-refractivity contribution in [3.63, 3.8) is 0 Å². The molecule has 27 heavy (non-hydrogen) atoms. The molecule has 1 aromatic rings. The van der Waals surface area contributed by atoms with Crippen LogP contribution in [0.2, 0.25) is 0 Å². The minimum Gasteiger partial charge on any atom is -0.353 e. The van der Waals surface area contributed by atoms with Gasteiger partial charge in [0, 0.05) is 25.0 Å². The molecule has 0 aromatic heterocycles. The van der Waals surface area contributed by atoms with Gasteiger partial charge in [0.1, 0.15) is 0 Å². The molecule has 1 saturated heterocycles. The van der Waals surface area contributed by atoms with Gasteiger partial charge < -0.3 is 5.32 Å². The van der Waals surface area contributed by atoms with Gasteiger partial charge in [0.25, 0.3) is 0 Å². The van der Waals surface area contributed by atoms with Crippen LogP contribution in [-0.4, -0.2) is 46.2 Å². The van der Waals surface area contributed by atoms with Gasteiger partial charge in [0.05, 0.1) is 9.79 Å². The fourth-order valence-electron chi connectivity index (χ4n) is 3.12. The molecule has 10 heteroatoms. The van der Waals surface area contributed by atoms with Gasteiger partial charge >= 0.3 is 0 Å². The van der Waals surface area contributed by atoms with Crippen molar-refractivity contribution < 1.29 is 21.6 Å². The molecular formula is C17H27N3O5S2. The molecule has 0 bridgehead atoms. The van der Waals surface area contributed by atoms with E-state index in [0.717, 1.165) is 12.8 Å². The lowest BCUT2D eigenvalue weighted by molar-refractivity contribution is -0.126. The van der Waals surface area contributed by atoms with Gasteiger partial charge in [0.2, 0.25) is 26.0 Å². The van der Waals surface area contributed by atoms with Crippen LogP contribution in [0.25, 0.3) is 0 Å². The molecule has 0 spiro atoms. The van der Waals surface area contributed by atoms with Crippen LogP contribution in [-0.2, 0) is 24.8 Å². The fraction of sp³-hybridized carbons (Fsp3) is 0.588. The maximum Gasteiger partial charge on any atom is 0.243 e. The Bertz CT molecular complexity index is 854. The van der Waals surface area contributed by atoms with Crippen molar-refractivity contribution in [1.82, 2.24) is 9.62 Å². The van der Waals surface area contributed by atoms with Crippen molar-refractivity contribution in [3.05, 3.63) is 24.3 Å². The Morgan fingerprint density at radius 1 is 1.07 bits per heavy atom. The zero-order valence-corrected chi connectivity index (χ0v) is 17.2. The summed E-state index contributed by atoms with van der Waals surface area (Å²) in [6, 6.07) is 4.98. The molecule has 1 aromatic carbocycles. The average molecular weight is 418 g/mol. The normalized spacial score (nSPS) is 17.2. The van der Waals surface area contributed by atoms with E-state index in [1.54, 1.807) is 0 Å². The summed E-state index contributed by atoms with van der Waals surface area (Å²) in [7, 11) is -7.61. The van der Waals surface area contributed by atoms with Crippen LogP contribution >= 0.6 is 0 Å². The molecule has 0 unspecified atom stereocenters. The summed E-state index contributed by atoms with van der Waals surface area (Å²) in [4.78, 5) is 12.2. The molecule has 0 atom stereocenters. The molecule has 1 heterocycles. The second-order valence-corrected chi connectivity index (χ2v) is 10.2. The fourth-order valence-corrected chi connectivity index (χ4v) is 5.11. The number of piperidine rings is 1. The molecule has 3 N–H and O–H groups in total. The number of rotatable bonds is 7. The minimum atomic E-state index is -3.87. The van der Waals surface area contributed by atoms with Crippen LogP contribution in [0, 0.1) is 5.92 Å². The summed E-state index contributed by atoms with van der Waals surface area (Å²) in [6.45, 7) is 4.54. The van der Waals surface area contributed by atoms with Crippen LogP contribution in [0.5, 0.6) is 0 Å². The number of carbonyl (C=O) groups is 1. The second kappa shape index (κ2) is 8.68. The van der Waals surface area contributed by atoms with Crippen molar-refractivity contribution >= 4 is 26.0 Å². The van der Waals surface area contributed by atoms with E-state index in [1.165, 1.54) is 28.6 Å². The number of nitrogens with zero attached hydrogens (tertiary/aromatic N) is 1. The first-order valence-electron chi connectivity index (χ1n) is 9.03. The number of nitrogens with one attached hydrogen (secondary N) is 1. The lowest BCUT2D eigenvalue weighted by Gasteiger charge is -2.31. The predicted molar refractivity (Wildman–Crippen MR) is 102 cm³/mol. The van der Waals surface area contributed by atoms with E-state index in [9.17, 15) is 21.6 Å². The third kappa shape index (κ3) is 5.28. The highest BCUT2D eigenvalue weighted by Gasteiger charge is 2.32. The quantitative estimate of drug-likeness (QED) is 0.685. The highest BCUT2D eigenvalue weighted by molar-refractivity contribution is 7.89. The van der Waals surface area contributed by atoms with Crippen molar-refractivity contribution in [3.8, 4) is 0 Å². The van der Waals surface area contributed by atoms with Crippen molar-refractivity contribution in [2.24, 2.45) is 11.1 Å². The molecular weight excluding hydrogens is 390 g/mol. The van der Waals surface area contributed by atoms with Gasteiger partial charge in [-0.2, -0.15) is 4.31 Å². The number of primary sulfonamides is 1. The highest BCUT2D eigenvalue weighted by atomic mass is 32.2. The topological polar surface area (TPSA) is 127 Å². The van der Waals surface area contributed by atoms with E-state index in [0.29, 0.717) is 12.8 Å². The Labute approximate surface area is 161 Å². The zero-order valence-electron chi connectivity index (χ0n) is 15.6. The molecule has 1 amide bonds. The molecule has 2 rings (SSSR count). The average Bonchev–Trinajstić information content (AvgIpc) is 2.65. The van der Waals surface area contributed by atoms with E-state index in [-0.39, 0.29) is 40.7 Å². The number of amides is 1. The molecule has 0 aliphatic carbocycles. The third-order valence-corrected chi connectivity index (χ3v) is 7.79. The predicted octanol–water partition coefficient (Wildman–Crippen LogP) is 1.04. The van der Waals surface area contributed by atoms with Gasteiger partial charge in [0.15, 0.2) is 0 Å². The largest absolute Gasteiger partial charge is 0.353 e. The monoisotopic (exact) mass is 417 g/mol. The van der Waals surface area contributed by atoms with E-state index in [2.05, 4.69) is 5.32 Å². The lowest BCUT2D eigenvalue weighted by Crippen LogP contribution is -2.45. The maximum atomic E-state index is 12.7. The Morgan fingerprint density at radius 2 is 1.56 bits per heavy atom. The van der Waals surface area contributed by atoms with Crippen LogP contribution < -0.4 is 10.5 Å². The van der Waals surface area contributed by atoms with Crippen LogP contribution in [0.4, 0.5) is 0 Å². The summed E-state index contributed by atoms with van der Waals surface area (Å²) in [5, 5.41) is 8.05. The van der Waals surface area contributed by atoms with Crippen LogP contribution in [0.15, 0.2) is 34.1 Å². The van der Waals surface area contributed by atoms with Crippen LogP contribution in [0.1, 0.15) is 39.5 Å². The molecule has 0 saturated carbocycles. The van der Waals surface area contributed by atoms with E-state index in [1.807, 2.05) is 13.8 Å². The smallest absolute Gasteiger partial charge is 0.243 e. The SMILES string of the molecule is CCC(CC)NC(=O)C1CCN(S(=O)(=O)c2ccc(S(N)(=O)=O)cc2)CC1. The van der Waals surface area contributed by atoms with E-state index in [4.69, 9.17) is 5.14 Å². The molecule has 1 aliphatic rings. The zero-order chi connectivity index (χ0) is 20.2. The van der Waals surface area contributed by atoms with Crippen LogP contribution in [0.3, 0.4) is 0 Å². The van der Waals surface area contributed by atoms with Gasteiger partial charge in [-0.3, -0.25) is 4.79 Å².